The van der Waals surface area contributed by atoms with Gasteiger partial charge in [0, 0.05) is 0 Å². The lowest BCUT2D eigenvalue weighted by atomic mass is 10.0. The zero-order valence-electron chi connectivity index (χ0n) is 8.01. The van der Waals surface area contributed by atoms with Crippen molar-refractivity contribution in [2.45, 2.75) is 25.4 Å². The van der Waals surface area contributed by atoms with Gasteiger partial charge in [-0.1, -0.05) is 6.07 Å². The Kier molecular flexibility index (Phi) is 2.37. The molecule has 0 aliphatic heterocycles. The third kappa shape index (κ3) is 2.43. The number of rotatable bonds is 2. The average molecular weight is 216 g/mol. The van der Waals surface area contributed by atoms with Crippen molar-refractivity contribution >= 4 is 0 Å². The zero-order chi connectivity index (χ0) is 11.1. The van der Waals surface area contributed by atoms with Gasteiger partial charge in [0.1, 0.15) is 5.75 Å². The van der Waals surface area contributed by atoms with Crippen molar-refractivity contribution in [1.82, 2.24) is 0 Å². The second-order valence-corrected chi connectivity index (χ2v) is 4.00. The van der Waals surface area contributed by atoms with Crippen molar-refractivity contribution < 1.29 is 18.3 Å². The lowest BCUT2D eigenvalue weighted by Gasteiger charge is -2.10. The molecule has 0 heterocycles. The van der Waals surface area contributed by atoms with Crippen LogP contribution in [-0.2, 0) is 12.6 Å². The van der Waals surface area contributed by atoms with E-state index < -0.39 is 17.5 Å². The second-order valence-electron chi connectivity index (χ2n) is 4.00. The van der Waals surface area contributed by atoms with Crippen molar-refractivity contribution in [3.05, 3.63) is 29.3 Å². The Morgan fingerprint density at radius 3 is 2.47 bits per heavy atom. The van der Waals surface area contributed by atoms with Crippen LogP contribution in [0.5, 0.6) is 5.75 Å². The molecule has 82 valence electrons. The van der Waals surface area contributed by atoms with E-state index in [0.29, 0.717) is 17.9 Å². The van der Waals surface area contributed by atoms with E-state index in [4.69, 9.17) is 5.11 Å². The van der Waals surface area contributed by atoms with Gasteiger partial charge in [-0.05, 0) is 42.9 Å². The van der Waals surface area contributed by atoms with E-state index in [-0.39, 0.29) is 0 Å². The molecule has 4 heteroatoms. The lowest BCUT2D eigenvalue weighted by molar-refractivity contribution is -0.138. The van der Waals surface area contributed by atoms with Crippen molar-refractivity contribution in [3.8, 4) is 5.75 Å². The molecule has 1 N–H and O–H groups in total. The SMILES string of the molecule is Oc1ccc(CC2CC2)cc1C(F)(F)F. The molecule has 0 spiro atoms. The maximum Gasteiger partial charge on any atom is 0.419 e. The summed E-state index contributed by atoms with van der Waals surface area (Å²) in [5.41, 5.74) is -0.275. The van der Waals surface area contributed by atoms with Crippen LogP contribution in [0.2, 0.25) is 0 Å². The Labute approximate surface area is 85.5 Å². The smallest absolute Gasteiger partial charge is 0.419 e. The van der Waals surface area contributed by atoms with E-state index >= 15 is 0 Å². The number of halogens is 3. The van der Waals surface area contributed by atoms with Crippen LogP contribution in [0.4, 0.5) is 13.2 Å². The predicted molar refractivity (Wildman–Crippen MR) is 49.5 cm³/mol. The first-order valence-corrected chi connectivity index (χ1v) is 4.86. The first-order valence-electron chi connectivity index (χ1n) is 4.86. The zero-order valence-corrected chi connectivity index (χ0v) is 8.01. The van der Waals surface area contributed by atoms with E-state index in [1.54, 1.807) is 6.07 Å². The quantitative estimate of drug-likeness (QED) is 0.803. The van der Waals surface area contributed by atoms with Gasteiger partial charge in [0.2, 0.25) is 0 Å². The first-order chi connectivity index (χ1) is 6.97. The summed E-state index contributed by atoms with van der Waals surface area (Å²) < 4.78 is 37.3. The highest BCUT2D eigenvalue weighted by atomic mass is 19.4. The van der Waals surface area contributed by atoms with E-state index in [0.717, 1.165) is 25.0 Å². The molecule has 0 bridgehead atoms. The summed E-state index contributed by atoms with van der Waals surface area (Å²) in [6, 6.07) is 3.73. The van der Waals surface area contributed by atoms with E-state index in [2.05, 4.69) is 0 Å². The lowest BCUT2D eigenvalue weighted by Crippen LogP contribution is -2.06. The minimum atomic E-state index is -4.47. The van der Waals surface area contributed by atoms with E-state index in [9.17, 15) is 13.2 Å². The van der Waals surface area contributed by atoms with Gasteiger partial charge in [-0.2, -0.15) is 13.2 Å². The van der Waals surface area contributed by atoms with Crippen LogP contribution in [0, 0.1) is 5.92 Å². The highest BCUT2D eigenvalue weighted by Gasteiger charge is 2.34. The highest BCUT2D eigenvalue weighted by molar-refractivity contribution is 5.38. The molecule has 1 saturated carbocycles. The molecule has 0 radical (unpaired) electrons. The molecule has 1 fully saturated rings. The minimum Gasteiger partial charge on any atom is -0.507 e. The molecule has 1 nitrogen and oxygen atoms in total. The highest BCUT2D eigenvalue weighted by Crippen LogP contribution is 2.38. The summed E-state index contributed by atoms with van der Waals surface area (Å²) >= 11 is 0. The molecular formula is C11H11F3O. The topological polar surface area (TPSA) is 20.2 Å². The number of phenolic OH excluding ortho intramolecular Hbond substituents is 1. The molecular weight excluding hydrogens is 205 g/mol. The first kappa shape index (κ1) is 10.3. The molecule has 0 unspecified atom stereocenters. The van der Waals surface area contributed by atoms with Gasteiger partial charge >= 0.3 is 6.18 Å². The fraction of sp³-hybridized carbons (Fsp3) is 0.455. The molecule has 0 amide bonds. The number of hydrogen-bond acceptors (Lipinski definition) is 1. The van der Waals surface area contributed by atoms with Gasteiger partial charge in [0.25, 0.3) is 0 Å². The van der Waals surface area contributed by atoms with E-state index in [1.807, 2.05) is 0 Å². The monoisotopic (exact) mass is 216 g/mol. The van der Waals surface area contributed by atoms with Crippen LogP contribution in [0.3, 0.4) is 0 Å². The minimum absolute atomic E-state index is 0.538. The van der Waals surface area contributed by atoms with Gasteiger partial charge in [-0.25, -0.2) is 0 Å². The number of benzene rings is 1. The summed E-state index contributed by atoms with van der Waals surface area (Å²) in [6.07, 6.45) is -1.59. The molecule has 0 aromatic heterocycles. The number of hydrogen-bond donors (Lipinski definition) is 1. The van der Waals surface area contributed by atoms with Crippen molar-refractivity contribution in [2.24, 2.45) is 5.92 Å². The van der Waals surface area contributed by atoms with Gasteiger partial charge in [0.15, 0.2) is 0 Å². The Morgan fingerprint density at radius 2 is 1.93 bits per heavy atom. The summed E-state index contributed by atoms with van der Waals surface area (Å²) in [7, 11) is 0. The maximum absolute atomic E-state index is 12.4. The Hall–Kier alpha value is -1.19. The normalized spacial score (nSPS) is 16.7. The standard InChI is InChI=1S/C11H11F3O/c12-11(13,14)9-6-8(3-4-10(9)15)5-7-1-2-7/h3-4,6-7,15H,1-2,5H2. The molecule has 0 atom stereocenters. The van der Waals surface area contributed by atoms with Gasteiger partial charge in [-0.3, -0.25) is 0 Å². The summed E-state index contributed by atoms with van der Waals surface area (Å²) in [5.74, 6) is -0.155. The third-order valence-electron chi connectivity index (χ3n) is 2.59. The predicted octanol–water partition coefficient (Wildman–Crippen LogP) is 3.36. The van der Waals surface area contributed by atoms with Gasteiger partial charge in [-0.15, -0.1) is 0 Å². The molecule has 1 aliphatic rings. The molecule has 0 saturated heterocycles. The Morgan fingerprint density at radius 1 is 1.27 bits per heavy atom. The largest absolute Gasteiger partial charge is 0.507 e. The summed E-state index contributed by atoms with van der Waals surface area (Å²) in [4.78, 5) is 0. The van der Waals surface area contributed by atoms with Crippen LogP contribution in [0.15, 0.2) is 18.2 Å². The molecule has 1 aliphatic carbocycles. The number of phenols is 1. The molecule has 15 heavy (non-hydrogen) atoms. The van der Waals surface area contributed by atoms with Crippen LogP contribution in [0.1, 0.15) is 24.0 Å². The molecule has 1 aromatic rings. The van der Waals surface area contributed by atoms with E-state index in [1.165, 1.54) is 0 Å². The molecule has 1 aromatic carbocycles. The van der Waals surface area contributed by atoms with Gasteiger partial charge in [0.05, 0.1) is 5.56 Å². The maximum atomic E-state index is 12.4. The molecule has 2 rings (SSSR count). The number of alkyl halides is 3. The van der Waals surface area contributed by atoms with Crippen LogP contribution in [-0.4, -0.2) is 5.11 Å². The fourth-order valence-corrected chi connectivity index (χ4v) is 1.59. The average Bonchev–Trinajstić information content (AvgIpc) is 2.90. The van der Waals surface area contributed by atoms with Crippen LogP contribution >= 0.6 is 0 Å². The van der Waals surface area contributed by atoms with Crippen LogP contribution < -0.4 is 0 Å². The third-order valence-corrected chi connectivity index (χ3v) is 2.59. The Balaban J connectivity index is 2.27. The van der Waals surface area contributed by atoms with Crippen molar-refractivity contribution in [3.63, 3.8) is 0 Å². The van der Waals surface area contributed by atoms with Gasteiger partial charge < -0.3 is 5.11 Å². The van der Waals surface area contributed by atoms with Crippen molar-refractivity contribution in [1.29, 1.82) is 0 Å². The summed E-state index contributed by atoms with van der Waals surface area (Å²) in [5, 5.41) is 9.10. The van der Waals surface area contributed by atoms with Crippen molar-refractivity contribution in [2.75, 3.05) is 0 Å². The second kappa shape index (κ2) is 3.43. The fourth-order valence-electron chi connectivity index (χ4n) is 1.59. The number of aromatic hydroxyl groups is 1. The van der Waals surface area contributed by atoms with Crippen LogP contribution in [0.25, 0.3) is 0 Å². The summed E-state index contributed by atoms with van der Waals surface area (Å²) in [6.45, 7) is 0. The Bertz CT molecular complexity index is 367.